The summed E-state index contributed by atoms with van der Waals surface area (Å²) < 4.78 is 0. The quantitative estimate of drug-likeness (QED) is 0.388. The Morgan fingerprint density at radius 3 is 0.769 bits per heavy atom. The molecule has 0 bridgehead atoms. The fourth-order valence-corrected chi connectivity index (χ4v) is 0. The molecule has 0 saturated carbocycles. The number of hydrogen-bond donors (Lipinski definition) is 1. The van der Waals surface area contributed by atoms with Gasteiger partial charge in [0, 0.05) is 0 Å². The summed E-state index contributed by atoms with van der Waals surface area (Å²) in [5, 5.41) is 43.1. The molecule has 0 aliphatic rings. The van der Waals surface area contributed by atoms with Crippen LogP contribution in [0.25, 0.3) is 0 Å². The van der Waals surface area contributed by atoms with Crippen molar-refractivity contribution in [2.24, 2.45) is 0 Å². The Labute approximate surface area is 87.5 Å². The predicted octanol–water partition coefficient (Wildman–Crippen LogP) is -2.01. The molecule has 0 spiro atoms. The first-order valence-corrected chi connectivity index (χ1v) is 1.66. The van der Waals surface area contributed by atoms with E-state index in [-0.39, 0.29) is 25.8 Å². The van der Waals surface area contributed by atoms with Gasteiger partial charge in [-0.15, -0.1) is 10.1 Å². The second-order valence-corrected chi connectivity index (χ2v) is 0.685. The summed E-state index contributed by atoms with van der Waals surface area (Å²) in [4.78, 5) is 24.9. The molecule has 0 rings (SSSR count). The normalized spacial score (nSPS) is 5.54. The molecule has 0 fully saturated rings. The van der Waals surface area contributed by atoms with Crippen molar-refractivity contribution in [1.82, 2.24) is 0 Å². The summed E-state index contributed by atoms with van der Waals surface area (Å²) in [6.07, 6.45) is 0. The fourth-order valence-electron chi connectivity index (χ4n) is 0. The SMILES string of the molecule is O=[N+]([O-])O.O=[N+]([O-])[O-].O=[N+]([O-])[O-].[InH3]. The van der Waals surface area contributed by atoms with E-state index in [1.165, 1.54) is 0 Å². The van der Waals surface area contributed by atoms with E-state index in [2.05, 4.69) is 0 Å². The maximum absolute atomic E-state index is 8.36. The summed E-state index contributed by atoms with van der Waals surface area (Å²) >= 11 is 0. The first-order valence-electron chi connectivity index (χ1n) is 1.66. The van der Waals surface area contributed by atoms with Crippen LogP contribution in [0.15, 0.2) is 0 Å². The fraction of sp³-hybridized carbons (Fsp3) is 0. The van der Waals surface area contributed by atoms with Crippen LogP contribution < -0.4 is 0 Å². The van der Waals surface area contributed by atoms with Crippen LogP contribution >= 0.6 is 0 Å². The topological polar surface area (TPSA) is 196 Å². The third-order valence-corrected chi connectivity index (χ3v) is 0. The van der Waals surface area contributed by atoms with Crippen molar-refractivity contribution >= 4 is 25.8 Å². The zero-order valence-electron chi connectivity index (χ0n) is 5.05. The van der Waals surface area contributed by atoms with E-state index in [1.54, 1.807) is 0 Å². The van der Waals surface area contributed by atoms with Gasteiger partial charge in [-0.1, -0.05) is 0 Å². The average molecular weight is 305 g/mol. The first-order chi connectivity index (χ1) is 5.20. The number of hydrogen-bond acceptors (Lipinski definition) is 8. The van der Waals surface area contributed by atoms with Crippen molar-refractivity contribution in [3.8, 4) is 0 Å². The van der Waals surface area contributed by atoms with Crippen molar-refractivity contribution in [3.05, 3.63) is 40.8 Å². The van der Waals surface area contributed by atoms with E-state index in [1.807, 2.05) is 0 Å². The summed E-state index contributed by atoms with van der Waals surface area (Å²) in [6, 6.07) is 0. The monoisotopic (exact) mass is 305 g/mol. The van der Waals surface area contributed by atoms with Crippen LogP contribution in [-0.2, 0) is 0 Å². The van der Waals surface area contributed by atoms with E-state index < -0.39 is 15.3 Å². The Bertz CT molecular complexity index is 112. The molecule has 0 saturated heterocycles. The molecule has 0 radical (unpaired) electrons. The second kappa shape index (κ2) is 16.8. The first kappa shape index (κ1) is 22.5. The van der Waals surface area contributed by atoms with Crippen LogP contribution in [0.2, 0.25) is 0 Å². The third kappa shape index (κ3) is 321. The molecule has 1 N–H and O–H groups in total. The van der Waals surface area contributed by atoms with Crippen LogP contribution in [-0.4, -0.2) is 46.3 Å². The molecule has 78 valence electrons. The molecule has 0 unspecified atom stereocenters. The molecular formula is H4InN3O9-2. The Morgan fingerprint density at radius 1 is 0.769 bits per heavy atom. The van der Waals surface area contributed by atoms with Gasteiger partial charge >= 0.3 is 25.8 Å². The molecule has 0 aromatic heterocycles. The molecule has 0 aromatic carbocycles. The van der Waals surface area contributed by atoms with E-state index in [9.17, 15) is 0 Å². The molecule has 0 aromatic rings. The van der Waals surface area contributed by atoms with Gasteiger partial charge in [-0.3, -0.25) is 0 Å². The number of rotatable bonds is 0. The Hall–Kier alpha value is -1.53. The Kier molecular flexibility index (Phi) is 29.2. The van der Waals surface area contributed by atoms with E-state index in [4.69, 9.17) is 46.0 Å². The molecule has 12 nitrogen and oxygen atoms in total. The van der Waals surface area contributed by atoms with E-state index in [0.717, 1.165) is 0 Å². The van der Waals surface area contributed by atoms with Gasteiger partial charge in [-0.05, 0) is 0 Å². The molecular weight excluding hydrogens is 301 g/mol. The molecule has 0 aliphatic heterocycles. The van der Waals surface area contributed by atoms with Crippen LogP contribution in [0.1, 0.15) is 0 Å². The van der Waals surface area contributed by atoms with Crippen molar-refractivity contribution in [1.29, 1.82) is 0 Å². The average Bonchev–Trinajstić information content (AvgIpc) is 1.54. The van der Waals surface area contributed by atoms with E-state index >= 15 is 0 Å². The van der Waals surface area contributed by atoms with Crippen molar-refractivity contribution in [2.45, 2.75) is 0 Å². The summed E-state index contributed by atoms with van der Waals surface area (Å²) in [6.45, 7) is 0. The van der Waals surface area contributed by atoms with Gasteiger partial charge in [0.2, 0.25) is 0 Å². The molecule has 13 heteroatoms. The summed E-state index contributed by atoms with van der Waals surface area (Å²) in [7, 11) is 0. The standard InChI is InChI=1S/In.HNO3.2NO3.3H/c;3*2-1(3)4;;;/h;(H,2,3,4);;;;;/q;;2*-1;;;. The molecule has 0 heterocycles. The molecule has 0 aliphatic carbocycles. The van der Waals surface area contributed by atoms with Crippen molar-refractivity contribution in [2.75, 3.05) is 0 Å². The maximum atomic E-state index is 8.36. The molecule has 0 atom stereocenters. The van der Waals surface area contributed by atoms with Crippen LogP contribution in [0.5, 0.6) is 0 Å². The van der Waals surface area contributed by atoms with Crippen molar-refractivity contribution < 1.29 is 20.5 Å². The van der Waals surface area contributed by atoms with Gasteiger partial charge < -0.3 is 35.9 Å². The minimum atomic E-state index is -1.75. The predicted molar refractivity (Wildman–Crippen MR) is 39.4 cm³/mol. The van der Waals surface area contributed by atoms with Gasteiger partial charge in [0.25, 0.3) is 5.09 Å². The molecule has 0 amide bonds. The zero-order valence-corrected chi connectivity index (χ0v) is 5.05. The van der Waals surface area contributed by atoms with Crippen LogP contribution in [0.3, 0.4) is 0 Å². The van der Waals surface area contributed by atoms with E-state index in [0.29, 0.717) is 0 Å². The van der Waals surface area contributed by atoms with Gasteiger partial charge in [0.1, 0.15) is 0 Å². The van der Waals surface area contributed by atoms with Gasteiger partial charge in [0.15, 0.2) is 0 Å². The second-order valence-electron chi connectivity index (χ2n) is 0.685. The van der Waals surface area contributed by atoms with Gasteiger partial charge in [0.05, 0.1) is 10.2 Å². The van der Waals surface area contributed by atoms with Crippen LogP contribution in [0, 0.1) is 40.8 Å². The number of nitrogens with zero attached hydrogens (tertiary/aromatic N) is 3. The minimum absolute atomic E-state index is 0. The van der Waals surface area contributed by atoms with Gasteiger partial charge in [-0.25, -0.2) is 0 Å². The zero-order chi connectivity index (χ0) is 10.7. The Balaban J connectivity index is -0.0000000450. The third-order valence-electron chi connectivity index (χ3n) is 0. The summed E-state index contributed by atoms with van der Waals surface area (Å²) in [5.74, 6) is 0. The summed E-state index contributed by atoms with van der Waals surface area (Å²) in [5.41, 5.74) is 0. The molecule has 13 heavy (non-hydrogen) atoms. The van der Waals surface area contributed by atoms with Gasteiger partial charge in [-0.2, -0.15) is 0 Å². The van der Waals surface area contributed by atoms with Crippen LogP contribution in [0.4, 0.5) is 0 Å². The Morgan fingerprint density at radius 2 is 0.769 bits per heavy atom. The van der Waals surface area contributed by atoms with Crippen molar-refractivity contribution in [3.63, 3.8) is 0 Å².